The molecule has 4 heteroatoms. The quantitative estimate of drug-likeness (QED) is 0.849. The van der Waals surface area contributed by atoms with Crippen molar-refractivity contribution in [3.8, 4) is 0 Å². The Hall–Kier alpha value is -0.900. The molecule has 0 amide bonds. The third kappa shape index (κ3) is 2.37. The average molecular weight is 223 g/mol. The van der Waals surface area contributed by atoms with Crippen LogP contribution in [0.15, 0.2) is 18.2 Å². The van der Waals surface area contributed by atoms with Crippen molar-refractivity contribution in [2.24, 2.45) is 0 Å². The molecule has 0 bridgehead atoms. The van der Waals surface area contributed by atoms with Crippen LogP contribution in [0.1, 0.15) is 6.42 Å². The highest BCUT2D eigenvalue weighted by Crippen LogP contribution is 2.25. The van der Waals surface area contributed by atoms with Crippen molar-refractivity contribution in [1.82, 2.24) is 4.98 Å². The van der Waals surface area contributed by atoms with Gasteiger partial charge in [-0.3, -0.25) is 0 Å². The van der Waals surface area contributed by atoms with Crippen LogP contribution in [0.2, 0.25) is 0 Å². The molecule has 1 aliphatic rings. The molecule has 0 saturated carbocycles. The molecule has 82 valence electrons. The van der Waals surface area contributed by atoms with Gasteiger partial charge in [0.2, 0.25) is 0 Å². The molecule has 0 spiro atoms. The zero-order chi connectivity index (χ0) is 10.7. The minimum atomic E-state index is 0.648. The van der Waals surface area contributed by atoms with E-state index in [0.717, 1.165) is 11.6 Å². The summed E-state index contributed by atoms with van der Waals surface area (Å²) in [4.78, 5) is 6.83. The first-order valence-corrected chi connectivity index (χ1v) is 6.42. The molecule has 1 aromatic heterocycles. The fourth-order valence-electron chi connectivity index (χ4n) is 1.77. The number of anilines is 2. The molecule has 1 aliphatic heterocycles. The van der Waals surface area contributed by atoms with Gasteiger partial charge in [0, 0.05) is 25.9 Å². The summed E-state index contributed by atoms with van der Waals surface area (Å²) in [6.07, 6.45) is 1.27. The van der Waals surface area contributed by atoms with E-state index in [1.807, 2.05) is 30.9 Å². The van der Waals surface area contributed by atoms with Gasteiger partial charge in [0.15, 0.2) is 0 Å². The lowest BCUT2D eigenvalue weighted by atomic mass is 10.2. The van der Waals surface area contributed by atoms with E-state index in [9.17, 15) is 0 Å². The number of hydrogen-bond acceptors (Lipinski definition) is 4. The molecule has 1 fully saturated rings. The van der Waals surface area contributed by atoms with Crippen LogP contribution in [-0.2, 0) is 0 Å². The fourth-order valence-corrected chi connectivity index (χ4v) is 3.04. The van der Waals surface area contributed by atoms with Crippen molar-refractivity contribution in [3.63, 3.8) is 0 Å². The summed E-state index contributed by atoms with van der Waals surface area (Å²) in [6.45, 7) is 0. The number of rotatable bonds is 3. The summed E-state index contributed by atoms with van der Waals surface area (Å²) in [5.41, 5.74) is 0. The van der Waals surface area contributed by atoms with Crippen molar-refractivity contribution < 1.29 is 0 Å². The highest BCUT2D eigenvalue weighted by atomic mass is 32.2. The highest BCUT2D eigenvalue weighted by Gasteiger charge is 2.20. The van der Waals surface area contributed by atoms with Crippen LogP contribution in [0.4, 0.5) is 11.6 Å². The number of hydrogen-bond donors (Lipinski definition) is 1. The number of nitrogens with zero attached hydrogens (tertiary/aromatic N) is 2. The molecule has 1 N–H and O–H groups in total. The van der Waals surface area contributed by atoms with Gasteiger partial charge in [0.05, 0.1) is 0 Å². The Kier molecular flexibility index (Phi) is 3.36. The van der Waals surface area contributed by atoms with Crippen LogP contribution in [0.5, 0.6) is 0 Å². The van der Waals surface area contributed by atoms with Gasteiger partial charge in [-0.1, -0.05) is 6.07 Å². The maximum absolute atomic E-state index is 4.54. The van der Waals surface area contributed by atoms with E-state index >= 15 is 0 Å². The standard InChI is InChI=1S/C11H17N3S/c1-12-10-4-3-5-11(13-10)14(2)9-6-7-15-8-9/h3-5,9H,6-8H2,1-2H3,(H,12,13). The molecule has 0 aromatic carbocycles. The summed E-state index contributed by atoms with van der Waals surface area (Å²) >= 11 is 2.03. The molecule has 0 aliphatic carbocycles. The molecule has 1 atom stereocenters. The normalized spacial score (nSPS) is 20.3. The minimum absolute atomic E-state index is 0.648. The molecule has 2 rings (SSSR count). The second-order valence-electron chi connectivity index (χ2n) is 3.76. The molecule has 0 radical (unpaired) electrons. The molecule has 1 aromatic rings. The number of thioether (sulfide) groups is 1. The summed E-state index contributed by atoms with van der Waals surface area (Å²) in [6, 6.07) is 6.76. The third-order valence-corrected chi connectivity index (χ3v) is 3.95. The highest BCUT2D eigenvalue weighted by molar-refractivity contribution is 7.99. The maximum Gasteiger partial charge on any atom is 0.130 e. The van der Waals surface area contributed by atoms with E-state index < -0.39 is 0 Å². The second-order valence-corrected chi connectivity index (χ2v) is 4.91. The summed E-state index contributed by atoms with van der Waals surface area (Å²) in [7, 11) is 4.04. The minimum Gasteiger partial charge on any atom is -0.373 e. The van der Waals surface area contributed by atoms with Crippen LogP contribution in [0.3, 0.4) is 0 Å². The molecule has 1 saturated heterocycles. The lowest BCUT2D eigenvalue weighted by Gasteiger charge is -2.25. The van der Waals surface area contributed by atoms with Gasteiger partial charge in [-0.15, -0.1) is 0 Å². The van der Waals surface area contributed by atoms with Gasteiger partial charge in [0.1, 0.15) is 11.6 Å². The van der Waals surface area contributed by atoms with Gasteiger partial charge in [-0.05, 0) is 24.3 Å². The summed E-state index contributed by atoms with van der Waals surface area (Å²) < 4.78 is 0. The van der Waals surface area contributed by atoms with Crippen LogP contribution in [0, 0.1) is 0 Å². The molecule has 15 heavy (non-hydrogen) atoms. The van der Waals surface area contributed by atoms with Crippen LogP contribution < -0.4 is 10.2 Å². The van der Waals surface area contributed by atoms with Gasteiger partial charge >= 0.3 is 0 Å². The largest absolute Gasteiger partial charge is 0.373 e. The summed E-state index contributed by atoms with van der Waals surface area (Å²) in [5.74, 6) is 4.50. The first-order valence-electron chi connectivity index (χ1n) is 5.26. The first-order chi connectivity index (χ1) is 7.31. The van der Waals surface area contributed by atoms with Crippen molar-refractivity contribution in [2.75, 3.05) is 35.8 Å². The Morgan fingerprint density at radius 3 is 3.07 bits per heavy atom. The Balaban J connectivity index is 2.13. The Labute approximate surface area is 95.3 Å². The average Bonchev–Trinajstić information content (AvgIpc) is 2.81. The van der Waals surface area contributed by atoms with E-state index in [4.69, 9.17) is 0 Å². The maximum atomic E-state index is 4.54. The Morgan fingerprint density at radius 1 is 1.53 bits per heavy atom. The predicted octanol–water partition coefficient (Wildman–Crippen LogP) is 2.06. The molecule has 1 unspecified atom stereocenters. The van der Waals surface area contributed by atoms with Crippen LogP contribution >= 0.6 is 11.8 Å². The van der Waals surface area contributed by atoms with Crippen LogP contribution in [-0.4, -0.2) is 36.6 Å². The monoisotopic (exact) mass is 223 g/mol. The zero-order valence-corrected chi connectivity index (χ0v) is 10.0. The van der Waals surface area contributed by atoms with Crippen molar-refractivity contribution in [2.45, 2.75) is 12.5 Å². The van der Waals surface area contributed by atoms with E-state index in [2.05, 4.69) is 28.3 Å². The lowest BCUT2D eigenvalue weighted by Crippen LogP contribution is -2.31. The molecular formula is C11H17N3S. The van der Waals surface area contributed by atoms with E-state index in [1.165, 1.54) is 17.9 Å². The predicted molar refractivity (Wildman–Crippen MR) is 67.9 cm³/mol. The summed E-state index contributed by atoms with van der Waals surface area (Å²) in [5, 5.41) is 3.07. The SMILES string of the molecule is CNc1cccc(N(C)C2CCSC2)n1. The third-order valence-electron chi connectivity index (χ3n) is 2.81. The van der Waals surface area contributed by atoms with Crippen molar-refractivity contribution in [1.29, 1.82) is 0 Å². The number of nitrogens with one attached hydrogen (secondary N) is 1. The lowest BCUT2D eigenvalue weighted by molar-refractivity contribution is 0.692. The van der Waals surface area contributed by atoms with Gasteiger partial charge in [0.25, 0.3) is 0 Å². The Bertz CT molecular complexity index is 323. The molecule has 2 heterocycles. The van der Waals surface area contributed by atoms with Crippen molar-refractivity contribution in [3.05, 3.63) is 18.2 Å². The zero-order valence-electron chi connectivity index (χ0n) is 9.23. The van der Waals surface area contributed by atoms with Crippen LogP contribution in [0.25, 0.3) is 0 Å². The molecular weight excluding hydrogens is 206 g/mol. The van der Waals surface area contributed by atoms with Gasteiger partial charge in [-0.2, -0.15) is 11.8 Å². The van der Waals surface area contributed by atoms with Crippen molar-refractivity contribution >= 4 is 23.4 Å². The second kappa shape index (κ2) is 4.75. The Morgan fingerprint density at radius 2 is 2.40 bits per heavy atom. The van der Waals surface area contributed by atoms with E-state index in [-0.39, 0.29) is 0 Å². The van der Waals surface area contributed by atoms with E-state index in [1.54, 1.807) is 0 Å². The smallest absolute Gasteiger partial charge is 0.130 e. The number of pyridine rings is 1. The fraction of sp³-hybridized carbons (Fsp3) is 0.545. The van der Waals surface area contributed by atoms with Gasteiger partial charge in [-0.25, -0.2) is 4.98 Å². The topological polar surface area (TPSA) is 28.2 Å². The first kappa shape index (κ1) is 10.6. The number of aromatic nitrogens is 1. The van der Waals surface area contributed by atoms with Gasteiger partial charge < -0.3 is 10.2 Å². The molecule has 3 nitrogen and oxygen atoms in total. The van der Waals surface area contributed by atoms with E-state index in [0.29, 0.717) is 6.04 Å².